The van der Waals surface area contributed by atoms with Crippen molar-refractivity contribution in [3.63, 3.8) is 0 Å². The third-order valence-electron chi connectivity index (χ3n) is 3.15. The van der Waals surface area contributed by atoms with Crippen LogP contribution in [0.25, 0.3) is 0 Å². The van der Waals surface area contributed by atoms with Crippen LogP contribution in [0.4, 0.5) is 11.4 Å². The van der Waals surface area contributed by atoms with Gasteiger partial charge in [0.15, 0.2) is 10.2 Å². The molecule has 0 radical (unpaired) electrons. The number of rotatable bonds is 3. The maximum absolute atomic E-state index is 12.5. The van der Waals surface area contributed by atoms with Gasteiger partial charge in [0, 0.05) is 29.9 Å². The molecule has 4 N–H and O–H groups in total. The molecule has 0 spiro atoms. The van der Waals surface area contributed by atoms with Crippen LogP contribution in [-0.2, 0) is 4.79 Å². The lowest BCUT2D eigenvalue weighted by Crippen LogP contribution is -2.34. The Labute approximate surface area is 208 Å². The maximum atomic E-state index is 12.5. The minimum absolute atomic E-state index is 0.181. The van der Waals surface area contributed by atoms with Gasteiger partial charge in [-0.25, -0.2) is 0 Å². The molecule has 0 bridgehead atoms. The maximum Gasteiger partial charge on any atom is 0.258 e. The monoisotopic (exact) mass is 702 g/mol. The highest BCUT2D eigenvalue weighted by Gasteiger charge is 2.15. The zero-order valence-electron chi connectivity index (χ0n) is 14.2. The van der Waals surface area contributed by atoms with Crippen LogP contribution in [0.3, 0.4) is 0 Å². The number of benzene rings is 2. The highest BCUT2D eigenvalue weighted by Crippen LogP contribution is 2.26. The van der Waals surface area contributed by atoms with Crippen LogP contribution in [0.5, 0.6) is 0 Å². The first-order valence-electron chi connectivity index (χ1n) is 7.61. The Balaban J connectivity index is 1.97. The number of carbonyl (C=O) groups excluding carboxylic acids is 2. The van der Waals surface area contributed by atoms with Crippen molar-refractivity contribution < 1.29 is 9.59 Å². The average molecular weight is 703 g/mol. The summed E-state index contributed by atoms with van der Waals surface area (Å²) in [4.78, 5) is 23.5. The summed E-state index contributed by atoms with van der Waals surface area (Å²) in [5.74, 6) is -0.550. The highest BCUT2D eigenvalue weighted by atomic mass is 127. The second-order valence-electron chi connectivity index (χ2n) is 5.37. The van der Waals surface area contributed by atoms with Gasteiger partial charge in [0.1, 0.15) is 0 Å². The van der Waals surface area contributed by atoms with Crippen molar-refractivity contribution in [3.8, 4) is 0 Å². The van der Waals surface area contributed by atoms with E-state index in [9.17, 15) is 9.59 Å². The van der Waals surface area contributed by atoms with Crippen LogP contribution < -0.4 is 21.3 Å². The van der Waals surface area contributed by atoms with Gasteiger partial charge >= 0.3 is 0 Å². The molecule has 146 valence electrons. The second-order valence-corrected chi connectivity index (χ2v) is 9.39. The second kappa shape index (κ2) is 10.8. The van der Waals surface area contributed by atoms with Crippen molar-refractivity contribution in [2.75, 3.05) is 10.6 Å². The van der Waals surface area contributed by atoms with E-state index in [4.69, 9.17) is 24.4 Å². The Morgan fingerprint density at radius 3 is 1.93 bits per heavy atom. The molecule has 2 amide bonds. The highest BCUT2D eigenvalue weighted by molar-refractivity contribution is 14.1. The SMILES string of the molecule is CC(=O)NC(=S)Nc1ccc(NC(=S)NC(=O)c2cc(I)cc(I)c2Br)cc1. The number of halogens is 3. The molecule has 11 heteroatoms. The van der Waals surface area contributed by atoms with Crippen molar-refractivity contribution in [1.29, 1.82) is 0 Å². The van der Waals surface area contributed by atoms with E-state index in [0.29, 0.717) is 16.9 Å². The van der Waals surface area contributed by atoms with Gasteiger partial charge in [-0.1, -0.05) is 0 Å². The minimum Gasteiger partial charge on any atom is -0.332 e. The van der Waals surface area contributed by atoms with E-state index in [2.05, 4.69) is 82.4 Å². The first-order chi connectivity index (χ1) is 13.2. The van der Waals surface area contributed by atoms with Crippen LogP contribution in [0.2, 0.25) is 0 Å². The van der Waals surface area contributed by atoms with E-state index in [-0.39, 0.29) is 22.0 Å². The first-order valence-corrected chi connectivity index (χ1v) is 11.4. The van der Waals surface area contributed by atoms with E-state index in [1.165, 1.54) is 6.92 Å². The number of anilines is 2. The molecule has 0 fully saturated rings. The summed E-state index contributed by atoms with van der Waals surface area (Å²) in [6.45, 7) is 1.38. The molecule has 0 saturated heterocycles. The van der Waals surface area contributed by atoms with Gasteiger partial charge in [-0.15, -0.1) is 0 Å². The summed E-state index contributed by atoms with van der Waals surface area (Å²) in [5, 5.41) is 11.4. The van der Waals surface area contributed by atoms with E-state index in [1.54, 1.807) is 30.3 Å². The number of hydrogen-bond acceptors (Lipinski definition) is 4. The number of thiocarbonyl (C=S) groups is 2. The summed E-state index contributed by atoms with van der Waals surface area (Å²) >= 11 is 18.0. The molecule has 0 saturated carbocycles. The van der Waals surface area contributed by atoms with E-state index in [0.717, 1.165) is 11.6 Å². The standard InChI is InChI=1S/C17H13BrI2N4O2S2/c1-8(25)21-16(27)22-10-2-4-11(5-3-10)23-17(28)24-15(26)12-6-9(19)7-13(20)14(12)18/h2-7H,1H3,(H2,21,22,25,27)(H2,23,24,26,28). The lowest BCUT2D eigenvalue weighted by Gasteiger charge is -2.12. The summed E-state index contributed by atoms with van der Waals surface area (Å²) in [6, 6.07) is 10.8. The fourth-order valence-corrected chi connectivity index (χ4v) is 4.74. The largest absolute Gasteiger partial charge is 0.332 e. The van der Waals surface area contributed by atoms with Crippen molar-refractivity contribution in [1.82, 2.24) is 10.6 Å². The molecule has 0 aliphatic rings. The summed E-state index contributed by atoms with van der Waals surface area (Å²) in [5.41, 5.74) is 1.90. The third kappa shape index (κ3) is 7.17. The molecule has 2 rings (SSSR count). The molecule has 0 aliphatic heterocycles. The lowest BCUT2D eigenvalue weighted by atomic mass is 10.2. The molecule has 0 atom stereocenters. The Bertz CT molecular complexity index is 955. The van der Waals surface area contributed by atoms with Crippen molar-refractivity contribution in [2.24, 2.45) is 0 Å². The lowest BCUT2D eigenvalue weighted by molar-refractivity contribution is -0.117. The Morgan fingerprint density at radius 1 is 0.929 bits per heavy atom. The van der Waals surface area contributed by atoms with Gasteiger partial charge in [-0.05, 0) is 122 Å². The molecular weight excluding hydrogens is 690 g/mol. The first kappa shape index (κ1) is 23.4. The van der Waals surface area contributed by atoms with Gasteiger partial charge in [-0.3, -0.25) is 14.9 Å². The topological polar surface area (TPSA) is 82.3 Å². The van der Waals surface area contributed by atoms with Crippen LogP contribution in [0.1, 0.15) is 17.3 Å². The molecular formula is C17H13BrI2N4O2S2. The number of hydrogen-bond donors (Lipinski definition) is 4. The van der Waals surface area contributed by atoms with Crippen molar-refractivity contribution in [2.45, 2.75) is 6.92 Å². The molecule has 2 aromatic rings. The van der Waals surface area contributed by atoms with Crippen molar-refractivity contribution in [3.05, 3.63) is 53.6 Å². The van der Waals surface area contributed by atoms with Gasteiger partial charge in [0.05, 0.1) is 5.56 Å². The van der Waals surface area contributed by atoms with Gasteiger partial charge in [0.25, 0.3) is 5.91 Å². The zero-order chi connectivity index (χ0) is 20.8. The molecule has 0 heterocycles. The summed E-state index contributed by atoms with van der Waals surface area (Å²) in [6.07, 6.45) is 0. The summed E-state index contributed by atoms with van der Waals surface area (Å²) < 4.78 is 2.61. The van der Waals surface area contributed by atoms with Gasteiger partial charge in [0.2, 0.25) is 5.91 Å². The van der Waals surface area contributed by atoms with Crippen LogP contribution in [-0.4, -0.2) is 22.0 Å². The molecule has 6 nitrogen and oxygen atoms in total. The van der Waals surface area contributed by atoms with Crippen LogP contribution in [0.15, 0.2) is 40.9 Å². The molecule has 28 heavy (non-hydrogen) atoms. The predicted octanol–water partition coefficient (Wildman–Crippen LogP) is 4.62. The smallest absolute Gasteiger partial charge is 0.258 e. The molecule has 0 aliphatic carbocycles. The zero-order valence-corrected chi connectivity index (χ0v) is 21.8. The summed E-state index contributed by atoms with van der Waals surface area (Å²) in [7, 11) is 0. The molecule has 0 aromatic heterocycles. The number of nitrogens with one attached hydrogen (secondary N) is 4. The van der Waals surface area contributed by atoms with E-state index < -0.39 is 0 Å². The van der Waals surface area contributed by atoms with E-state index in [1.807, 2.05) is 6.07 Å². The van der Waals surface area contributed by atoms with Gasteiger partial charge < -0.3 is 16.0 Å². The molecule has 0 unspecified atom stereocenters. The Kier molecular flexibility index (Phi) is 8.98. The molecule has 2 aromatic carbocycles. The fourth-order valence-electron chi connectivity index (χ4n) is 2.01. The number of carbonyl (C=O) groups is 2. The average Bonchev–Trinajstić information content (AvgIpc) is 2.58. The van der Waals surface area contributed by atoms with E-state index >= 15 is 0 Å². The number of amides is 2. The van der Waals surface area contributed by atoms with Crippen molar-refractivity contribution >= 4 is 119 Å². The third-order valence-corrected chi connectivity index (χ3v) is 6.63. The Morgan fingerprint density at radius 2 is 1.43 bits per heavy atom. The predicted molar refractivity (Wildman–Crippen MR) is 140 cm³/mol. The van der Waals surface area contributed by atoms with Crippen LogP contribution in [0, 0.1) is 7.14 Å². The quantitative estimate of drug-likeness (QED) is 0.213. The van der Waals surface area contributed by atoms with Crippen LogP contribution >= 0.6 is 85.5 Å². The minimum atomic E-state index is -0.306. The normalized spacial score (nSPS) is 10.0. The Hall–Kier alpha value is -0.900. The van der Waals surface area contributed by atoms with Gasteiger partial charge in [-0.2, -0.15) is 0 Å². The fraction of sp³-hybridized carbons (Fsp3) is 0.0588.